The molecule has 0 aromatic carbocycles. The molecular formula is C26H37N3O5. The van der Waals surface area contributed by atoms with Crippen molar-refractivity contribution in [3.63, 3.8) is 0 Å². The summed E-state index contributed by atoms with van der Waals surface area (Å²) >= 11 is 0. The van der Waals surface area contributed by atoms with Crippen LogP contribution in [0.15, 0.2) is 12.3 Å². The first-order chi connectivity index (χ1) is 16.3. The van der Waals surface area contributed by atoms with Crippen LogP contribution in [0.4, 0.5) is 0 Å². The number of likely N-dealkylation sites (N-methyl/N-ethyl adjacent to an activating group) is 1. The summed E-state index contributed by atoms with van der Waals surface area (Å²) < 4.78 is 11.2. The van der Waals surface area contributed by atoms with Gasteiger partial charge in [-0.1, -0.05) is 31.6 Å². The van der Waals surface area contributed by atoms with Gasteiger partial charge in [0.2, 0.25) is 11.8 Å². The second kappa shape index (κ2) is 12.2. The number of nitrogens with zero attached hydrogens (tertiary/aromatic N) is 3. The molecule has 2 heterocycles. The lowest BCUT2D eigenvalue weighted by Gasteiger charge is -2.37. The number of rotatable bonds is 7. The number of aliphatic hydroxyl groups is 1. The topological polar surface area (TPSA) is 92.2 Å². The van der Waals surface area contributed by atoms with Gasteiger partial charge in [-0.25, -0.2) is 4.98 Å². The molecule has 1 aliphatic carbocycles. The quantitative estimate of drug-likeness (QED) is 0.614. The molecule has 0 unspecified atom stereocenters. The van der Waals surface area contributed by atoms with Crippen molar-refractivity contribution >= 4 is 11.8 Å². The lowest BCUT2D eigenvalue weighted by atomic mass is 9.99. The average Bonchev–Trinajstić information content (AvgIpc) is 3.34. The molecule has 34 heavy (non-hydrogen) atoms. The van der Waals surface area contributed by atoms with E-state index in [9.17, 15) is 14.7 Å². The van der Waals surface area contributed by atoms with E-state index in [4.69, 9.17) is 9.47 Å². The van der Waals surface area contributed by atoms with Gasteiger partial charge in [-0.2, -0.15) is 0 Å². The van der Waals surface area contributed by atoms with E-state index in [2.05, 4.69) is 16.8 Å². The predicted molar refractivity (Wildman–Crippen MR) is 128 cm³/mol. The maximum atomic E-state index is 13.5. The molecule has 8 heteroatoms. The zero-order chi connectivity index (χ0) is 24.7. The Bertz CT molecular complexity index is 919. The fourth-order valence-electron chi connectivity index (χ4n) is 4.51. The van der Waals surface area contributed by atoms with Crippen LogP contribution in [0.2, 0.25) is 0 Å². The third-order valence-corrected chi connectivity index (χ3v) is 6.77. The van der Waals surface area contributed by atoms with Gasteiger partial charge in [-0.15, -0.1) is 0 Å². The molecule has 1 aromatic rings. The van der Waals surface area contributed by atoms with Crippen LogP contribution in [0, 0.1) is 23.7 Å². The van der Waals surface area contributed by atoms with Crippen LogP contribution in [-0.2, 0) is 9.53 Å². The molecule has 1 aromatic heterocycles. The Kier molecular flexibility index (Phi) is 9.31. The van der Waals surface area contributed by atoms with Gasteiger partial charge in [-0.3, -0.25) is 9.59 Å². The molecule has 1 N–H and O–H groups in total. The fraction of sp³-hybridized carbons (Fsp3) is 0.654. The monoisotopic (exact) mass is 471 g/mol. The Hall–Kier alpha value is -2.63. The number of aliphatic hydroxyl groups excluding tert-OH is 1. The molecule has 8 nitrogen and oxygen atoms in total. The Labute approximate surface area is 202 Å². The van der Waals surface area contributed by atoms with Crippen LogP contribution in [0.25, 0.3) is 0 Å². The van der Waals surface area contributed by atoms with Gasteiger partial charge >= 0.3 is 0 Å². The molecule has 3 rings (SSSR count). The molecule has 0 bridgehead atoms. The van der Waals surface area contributed by atoms with Crippen LogP contribution >= 0.6 is 0 Å². The SMILES string of the molecule is COCC(=O)N(C)C[C@@H]1Oc2ncc(C#CCC3CCCC3)cc2C(=O)N([C@H](C)CO)C[C@@H]1C. The molecule has 0 radical (unpaired) electrons. The van der Waals surface area contributed by atoms with Crippen molar-refractivity contribution in [3.8, 4) is 17.7 Å². The van der Waals surface area contributed by atoms with Crippen molar-refractivity contribution in [2.24, 2.45) is 11.8 Å². The molecule has 1 aliphatic heterocycles. The van der Waals surface area contributed by atoms with Gasteiger partial charge in [0.1, 0.15) is 18.3 Å². The molecule has 0 spiro atoms. The molecule has 186 valence electrons. The number of pyridine rings is 1. The van der Waals surface area contributed by atoms with Crippen LogP contribution in [0.5, 0.6) is 5.88 Å². The number of methoxy groups -OCH3 is 1. The number of ether oxygens (including phenoxy) is 2. The Balaban J connectivity index is 1.88. The Morgan fingerprint density at radius 3 is 2.82 bits per heavy atom. The number of aromatic nitrogens is 1. The predicted octanol–water partition coefficient (Wildman–Crippen LogP) is 2.34. The van der Waals surface area contributed by atoms with E-state index in [0.29, 0.717) is 30.1 Å². The summed E-state index contributed by atoms with van der Waals surface area (Å²) in [5.74, 6) is 6.81. The third-order valence-electron chi connectivity index (χ3n) is 6.77. The first kappa shape index (κ1) is 26.0. The minimum atomic E-state index is -0.391. The van der Waals surface area contributed by atoms with Crippen molar-refractivity contribution < 1.29 is 24.2 Å². The zero-order valence-electron chi connectivity index (χ0n) is 20.7. The van der Waals surface area contributed by atoms with E-state index in [1.807, 2.05) is 13.8 Å². The van der Waals surface area contributed by atoms with Gasteiger partial charge in [0.05, 0.1) is 19.2 Å². The third kappa shape index (κ3) is 6.49. The van der Waals surface area contributed by atoms with E-state index >= 15 is 0 Å². The highest BCUT2D eigenvalue weighted by Crippen LogP contribution is 2.28. The van der Waals surface area contributed by atoms with E-state index in [-0.39, 0.29) is 42.9 Å². The maximum absolute atomic E-state index is 13.5. The van der Waals surface area contributed by atoms with Crippen LogP contribution in [-0.4, -0.2) is 84.3 Å². The van der Waals surface area contributed by atoms with Crippen molar-refractivity contribution in [2.45, 2.75) is 58.1 Å². The Morgan fingerprint density at radius 1 is 1.41 bits per heavy atom. The summed E-state index contributed by atoms with van der Waals surface area (Å²) in [5.41, 5.74) is 0.999. The summed E-state index contributed by atoms with van der Waals surface area (Å²) in [6.07, 6.45) is 7.13. The molecule has 3 atom stereocenters. The summed E-state index contributed by atoms with van der Waals surface area (Å²) in [4.78, 5) is 33.4. The van der Waals surface area contributed by atoms with Crippen molar-refractivity contribution in [3.05, 3.63) is 23.4 Å². The second-order valence-electron chi connectivity index (χ2n) is 9.56. The van der Waals surface area contributed by atoms with Gasteiger partial charge < -0.3 is 24.4 Å². The molecular weight excluding hydrogens is 434 g/mol. The summed E-state index contributed by atoms with van der Waals surface area (Å²) in [6, 6.07) is 1.36. The van der Waals surface area contributed by atoms with Crippen molar-refractivity contribution in [1.29, 1.82) is 0 Å². The summed E-state index contributed by atoms with van der Waals surface area (Å²) in [7, 11) is 3.18. The number of hydrogen-bond acceptors (Lipinski definition) is 6. The zero-order valence-corrected chi connectivity index (χ0v) is 20.7. The lowest BCUT2D eigenvalue weighted by molar-refractivity contribution is -0.135. The van der Waals surface area contributed by atoms with E-state index in [1.165, 1.54) is 32.8 Å². The Morgan fingerprint density at radius 2 is 2.15 bits per heavy atom. The summed E-state index contributed by atoms with van der Waals surface area (Å²) in [6.45, 7) is 4.32. The molecule has 2 amide bonds. The highest BCUT2D eigenvalue weighted by atomic mass is 16.5. The largest absolute Gasteiger partial charge is 0.472 e. The first-order valence-electron chi connectivity index (χ1n) is 12.1. The number of amides is 2. The maximum Gasteiger partial charge on any atom is 0.259 e. The van der Waals surface area contributed by atoms with E-state index in [1.54, 1.807) is 29.1 Å². The van der Waals surface area contributed by atoms with Gasteiger partial charge in [0.15, 0.2) is 0 Å². The van der Waals surface area contributed by atoms with E-state index in [0.717, 1.165) is 6.42 Å². The lowest BCUT2D eigenvalue weighted by Crippen LogP contribution is -2.50. The summed E-state index contributed by atoms with van der Waals surface area (Å²) in [5, 5.41) is 9.79. The number of fused-ring (bicyclic) bond motifs is 1. The second-order valence-corrected chi connectivity index (χ2v) is 9.56. The van der Waals surface area contributed by atoms with E-state index < -0.39 is 6.10 Å². The average molecular weight is 472 g/mol. The number of hydrogen-bond donors (Lipinski definition) is 1. The van der Waals surface area contributed by atoms with Crippen LogP contribution < -0.4 is 4.74 Å². The van der Waals surface area contributed by atoms with Gasteiger partial charge in [-0.05, 0) is 31.7 Å². The smallest absolute Gasteiger partial charge is 0.259 e. The molecule has 1 fully saturated rings. The standard InChI is InChI=1S/C26H37N3O5/c1-18-14-29(19(2)16-30)26(32)22-12-21(11-7-10-20-8-5-6-9-20)13-27-25(22)34-23(18)15-28(3)24(31)17-33-4/h12-13,18-20,23,30H,5-6,8-10,14-17H2,1-4H3/t18-,19+,23-/m0/s1. The number of carbonyl (C=O) groups is 2. The molecule has 2 aliphatic rings. The number of carbonyl (C=O) groups excluding carboxylic acids is 2. The van der Waals surface area contributed by atoms with Crippen molar-refractivity contribution in [2.75, 3.05) is 40.5 Å². The first-order valence-corrected chi connectivity index (χ1v) is 12.1. The molecule has 1 saturated carbocycles. The fourth-order valence-corrected chi connectivity index (χ4v) is 4.51. The van der Waals surface area contributed by atoms with Gasteiger partial charge in [0.25, 0.3) is 5.91 Å². The minimum Gasteiger partial charge on any atom is -0.472 e. The van der Waals surface area contributed by atoms with Gasteiger partial charge in [0, 0.05) is 44.8 Å². The van der Waals surface area contributed by atoms with Crippen LogP contribution in [0.3, 0.4) is 0 Å². The molecule has 0 saturated heterocycles. The highest BCUT2D eigenvalue weighted by Gasteiger charge is 2.34. The van der Waals surface area contributed by atoms with Crippen LogP contribution in [0.1, 0.15) is 61.9 Å². The highest BCUT2D eigenvalue weighted by molar-refractivity contribution is 5.97. The minimum absolute atomic E-state index is 0.0124. The van der Waals surface area contributed by atoms with Crippen molar-refractivity contribution in [1.82, 2.24) is 14.8 Å². The normalized spacial score (nSPS) is 21.6.